The molecule has 254 valence electrons. The van der Waals surface area contributed by atoms with Gasteiger partial charge in [-0.3, -0.25) is 0 Å². The zero-order chi connectivity index (χ0) is 35.2. The number of nitrogens with zero attached hydrogens (tertiary/aromatic N) is 4. The summed E-state index contributed by atoms with van der Waals surface area (Å²) >= 11 is 0. The average Bonchev–Trinajstić information content (AvgIpc) is 3.62. The SMILES string of the molecule is O=C(OC1C(OC(=O)c2ccccc2)[C@H](OC(=O)c2ccccc2)C(c2nc3ncccn3n2)O[C@H]1OC(=O)c1ccccc1)c1ccccc1. The van der Waals surface area contributed by atoms with Crippen molar-refractivity contribution in [2.75, 3.05) is 0 Å². The van der Waals surface area contributed by atoms with E-state index in [0.29, 0.717) is 0 Å². The molecule has 0 amide bonds. The van der Waals surface area contributed by atoms with Crippen LogP contribution in [0.1, 0.15) is 53.4 Å². The van der Waals surface area contributed by atoms with E-state index in [0.717, 1.165) is 0 Å². The molecule has 4 aromatic carbocycles. The van der Waals surface area contributed by atoms with E-state index in [9.17, 15) is 19.2 Å². The summed E-state index contributed by atoms with van der Waals surface area (Å²) in [6.07, 6.45) is -4.91. The Hall–Kier alpha value is -6.73. The summed E-state index contributed by atoms with van der Waals surface area (Å²) in [4.78, 5) is 63.3. The maximum absolute atomic E-state index is 13.8. The Morgan fingerprint density at radius 1 is 0.529 bits per heavy atom. The summed E-state index contributed by atoms with van der Waals surface area (Å²) in [5, 5.41) is 4.48. The van der Waals surface area contributed by atoms with Gasteiger partial charge in [-0.25, -0.2) is 28.7 Å². The van der Waals surface area contributed by atoms with Gasteiger partial charge in [0, 0.05) is 12.4 Å². The number of ether oxygens (including phenoxy) is 5. The van der Waals surface area contributed by atoms with Crippen molar-refractivity contribution in [2.24, 2.45) is 0 Å². The Bertz CT molecular complexity index is 2110. The van der Waals surface area contributed by atoms with Gasteiger partial charge in [-0.05, 0) is 54.6 Å². The predicted octanol–water partition coefficient (Wildman–Crippen LogP) is 5.06. The summed E-state index contributed by atoms with van der Waals surface area (Å²) in [6, 6.07) is 33.9. The molecule has 0 aliphatic carbocycles. The van der Waals surface area contributed by atoms with E-state index < -0.39 is 54.6 Å². The molecule has 0 saturated carbocycles. The highest BCUT2D eigenvalue weighted by atomic mass is 16.7. The molecule has 3 unspecified atom stereocenters. The third kappa shape index (κ3) is 7.33. The van der Waals surface area contributed by atoms with E-state index >= 15 is 0 Å². The molecular formula is C38H28N4O9. The molecular weight excluding hydrogens is 656 g/mol. The minimum Gasteiger partial charge on any atom is -0.451 e. The standard InChI is InChI=1S/C38H28N4O9/c43-33(24-14-5-1-6-15-24)47-28-29(48-34(44)25-16-7-2-8-17-25)31(49-35(45)26-18-9-3-10-19-26)37(51-36(46)27-20-11-4-12-21-27)50-30(28)32-40-38-39-22-13-23-42(38)41-32/h1-23,28-31,37H/t28-,29?,30?,31?,37-/m0/s1. The number of hydrogen-bond donors (Lipinski definition) is 0. The summed E-state index contributed by atoms with van der Waals surface area (Å²) in [7, 11) is 0. The maximum Gasteiger partial charge on any atom is 0.340 e. The van der Waals surface area contributed by atoms with E-state index in [1.165, 1.54) is 59.2 Å². The largest absolute Gasteiger partial charge is 0.451 e. The molecule has 1 saturated heterocycles. The first-order chi connectivity index (χ1) is 24.9. The van der Waals surface area contributed by atoms with E-state index in [-0.39, 0.29) is 33.9 Å². The van der Waals surface area contributed by atoms with Crippen molar-refractivity contribution >= 4 is 29.7 Å². The van der Waals surface area contributed by atoms with Gasteiger partial charge in [0.05, 0.1) is 22.3 Å². The molecule has 0 radical (unpaired) electrons. The lowest BCUT2D eigenvalue weighted by Crippen LogP contribution is -2.59. The van der Waals surface area contributed by atoms with Gasteiger partial charge in [0.2, 0.25) is 12.4 Å². The molecule has 7 rings (SSSR count). The first kappa shape index (κ1) is 32.8. The number of esters is 4. The third-order valence-corrected chi connectivity index (χ3v) is 7.87. The lowest BCUT2D eigenvalue weighted by atomic mass is 9.96. The molecule has 5 atom stereocenters. The van der Waals surface area contributed by atoms with Crippen molar-refractivity contribution in [3.8, 4) is 0 Å². The van der Waals surface area contributed by atoms with Crippen LogP contribution in [0.2, 0.25) is 0 Å². The zero-order valence-corrected chi connectivity index (χ0v) is 26.6. The summed E-state index contributed by atoms with van der Waals surface area (Å²) in [6.45, 7) is 0. The Morgan fingerprint density at radius 2 is 0.961 bits per heavy atom. The van der Waals surface area contributed by atoms with Crippen LogP contribution in [-0.4, -0.2) is 68.1 Å². The van der Waals surface area contributed by atoms with Crippen molar-refractivity contribution in [1.82, 2.24) is 19.6 Å². The van der Waals surface area contributed by atoms with E-state index in [4.69, 9.17) is 23.7 Å². The minimum atomic E-state index is -1.73. The number of fused-ring (bicyclic) bond motifs is 1. The third-order valence-electron chi connectivity index (χ3n) is 7.87. The van der Waals surface area contributed by atoms with Crippen molar-refractivity contribution < 1.29 is 42.9 Å². The summed E-state index contributed by atoms with van der Waals surface area (Å²) in [5.74, 6) is -3.22. The quantitative estimate of drug-likeness (QED) is 0.148. The second-order valence-electron chi connectivity index (χ2n) is 11.2. The highest BCUT2D eigenvalue weighted by Crippen LogP contribution is 2.38. The van der Waals surface area contributed by atoms with E-state index in [2.05, 4.69) is 15.1 Å². The van der Waals surface area contributed by atoms with Gasteiger partial charge in [0.15, 0.2) is 24.1 Å². The van der Waals surface area contributed by atoms with Crippen LogP contribution in [0.25, 0.3) is 5.78 Å². The number of carbonyl (C=O) groups excluding carboxylic acids is 4. The molecule has 1 aliphatic heterocycles. The Morgan fingerprint density at radius 3 is 1.43 bits per heavy atom. The van der Waals surface area contributed by atoms with Gasteiger partial charge in [0.1, 0.15) is 0 Å². The number of rotatable bonds is 9. The van der Waals surface area contributed by atoms with Crippen LogP contribution in [0, 0.1) is 0 Å². The molecule has 0 spiro atoms. The normalized spacial score (nSPS) is 19.8. The van der Waals surface area contributed by atoms with Crippen molar-refractivity contribution in [3.63, 3.8) is 0 Å². The first-order valence-electron chi connectivity index (χ1n) is 15.8. The molecule has 1 fully saturated rings. The van der Waals surface area contributed by atoms with Crippen LogP contribution in [-0.2, 0) is 23.7 Å². The fourth-order valence-corrected chi connectivity index (χ4v) is 5.42. The highest BCUT2D eigenvalue weighted by Gasteiger charge is 2.56. The van der Waals surface area contributed by atoms with Crippen LogP contribution in [0.4, 0.5) is 0 Å². The Balaban J connectivity index is 1.36. The lowest BCUT2D eigenvalue weighted by molar-refractivity contribution is -0.282. The number of aromatic nitrogens is 4. The summed E-state index contributed by atoms with van der Waals surface area (Å²) in [5.41, 5.74) is 0.627. The smallest absolute Gasteiger partial charge is 0.340 e. The van der Waals surface area contributed by atoms with Crippen LogP contribution in [0.3, 0.4) is 0 Å². The highest BCUT2D eigenvalue weighted by molar-refractivity contribution is 5.92. The van der Waals surface area contributed by atoms with Crippen LogP contribution in [0.15, 0.2) is 140 Å². The summed E-state index contributed by atoms with van der Waals surface area (Å²) < 4.78 is 31.7. The molecule has 51 heavy (non-hydrogen) atoms. The van der Waals surface area contributed by atoms with Crippen LogP contribution < -0.4 is 0 Å². The fourth-order valence-electron chi connectivity index (χ4n) is 5.42. The van der Waals surface area contributed by atoms with Crippen molar-refractivity contribution in [1.29, 1.82) is 0 Å². The topological polar surface area (TPSA) is 158 Å². The zero-order valence-electron chi connectivity index (χ0n) is 26.6. The molecule has 13 nitrogen and oxygen atoms in total. The second kappa shape index (κ2) is 14.8. The van der Waals surface area contributed by atoms with Gasteiger partial charge in [-0.15, -0.1) is 5.10 Å². The van der Waals surface area contributed by atoms with Gasteiger partial charge < -0.3 is 23.7 Å². The second-order valence-corrected chi connectivity index (χ2v) is 11.2. The van der Waals surface area contributed by atoms with Gasteiger partial charge in [-0.2, -0.15) is 4.98 Å². The molecule has 3 heterocycles. The monoisotopic (exact) mass is 684 g/mol. The molecule has 0 bridgehead atoms. The molecule has 6 aromatic rings. The molecule has 1 aliphatic rings. The number of hydrogen-bond acceptors (Lipinski definition) is 12. The Kier molecular flexibility index (Phi) is 9.52. The molecule has 13 heteroatoms. The predicted molar refractivity (Wildman–Crippen MR) is 177 cm³/mol. The average molecular weight is 685 g/mol. The Labute approximate surface area is 290 Å². The molecule has 0 N–H and O–H groups in total. The van der Waals surface area contributed by atoms with Gasteiger partial charge in [-0.1, -0.05) is 72.8 Å². The van der Waals surface area contributed by atoms with Crippen LogP contribution >= 0.6 is 0 Å². The van der Waals surface area contributed by atoms with E-state index in [1.807, 2.05) is 0 Å². The first-order valence-corrected chi connectivity index (χ1v) is 15.8. The van der Waals surface area contributed by atoms with Crippen molar-refractivity contribution in [2.45, 2.75) is 30.7 Å². The van der Waals surface area contributed by atoms with Gasteiger partial charge >= 0.3 is 23.9 Å². The van der Waals surface area contributed by atoms with Crippen LogP contribution in [0.5, 0.6) is 0 Å². The number of benzene rings is 4. The number of carbonyl (C=O) groups is 4. The van der Waals surface area contributed by atoms with Crippen molar-refractivity contribution in [3.05, 3.63) is 168 Å². The van der Waals surface area contributed by atoms with Gasteiger partial charge in [0.25, 0.3) is 5.78 Å². The minimum absolute atomic E-state index is 0.0473. The van der Waals surface area contributed by atoms with E-state index in [1.54, 1.807) is 85.1 Å². The molecule has 2 aromatic heterocycles. The lowest BCUT2D eigenvalue weighted by Gasteiger charge is -2.43. The maximum atomic E-state index is 13.8. The fraction of sp³-hybridized carbons (Fsp3) is 0.132.